The SMILES string of the molecule is Cc1cc(C)n2c(C)cnc2n1. The van der Waals surface area contributed by atoms with Crippen LogP contribution in [0.4, 0.5) is 0 Å². The van der Waals surface area contributed by atoms with Gasteiger partial charge in [-0.1, -0.05) is 0 Å². The van der Waals surface area contributed by atoms with Gasteiger partial charge in [-0.2, -0.15) is 0 Å². The minimum atomic E-state index is 0.796. The zero-order valence-corrected chi connectivity index (χ0v) is 7.50. The Morgan fingerprint density at radius 3 is 2.67 bits per heavy atom. The van der Waals surface area contributed by atoms with Crippen LogP contribution in [-0.2, 0) is 0 Å². The third-order valence-corrected chi connectivity index (χ3v) is 1.97. The van der Waals surface area contributed by atoms with Crippen LogP contribution in [0.3, 0.4) is 0 Å². The van der Waals surface area contributed by atoms with Gasteiger partial charge in [0.1, 0.15) is 0 Å². The Hall–Kier alpha value is -1.38. The smallest absolute Gasteiger partial charge is 0.234 e. The number of fused-ring (bicyclic) bond motifs is 1. The predicted octanol–water partition coefficient (Wildman–Crippen LogP) is 1.65. The fourth-order valence-electron chi connectivity index (χ4n) is 1.50. The first-order chi connectivity index (χ1) is 5.68. The number of rotatable bonds is 0. The van der Waals surface area contributed by atoms with Crippen LogP contribution >= 0.6 is 0 Å². The van der Waals surface area contributed by atoms with Crippen molar-refractivity contribution in [2.45, 2.75) is 20.8 Å². The molecule has 2 heterocycles. The molecule has 62 valence electrons. The predicted molar refractivity (Wildman–Crippen MR) is 47.2 cm³/mol. The first-order valence-corrected chi connectivity index (χ1v) is 3.97. The van der Waals surface area contributed by atoms with E-state index in [1.807, 2.05) is 24.4 Å². The highest BCUT2D eigenvalue weighted by Crippen LogP contribution is 2.08. The molecule has 0 aliphatic carbocycles. The molecule has 0 radical (unpaired) electrons. The standard InChI is InChI=1S/C9H11N3/c1-6-4-7(2)12-8(3)5-10-9(12)11-6/h4-5H,1-3H3. The minimum Gasteiger partial charge on any atom is -0.286 e. The molecular formula is C9H11N3. The summed E-state index contributed by atoms with van der Waals surface area (Å²) in [7, 11) is 0. The molecule has 0 saturated heterocycles. The van der Waals surface area contributed by atoms with Gasteiger partial charge in [0, 0.05) is 17.1 Å². The zero-order valence-electron chi connectivity index (χ0n) is 7.50. The van der Waals surface area contributed by atoms with Gasteiger partial charge in [-0.15, -0.1) is 0 Å². The van der Waals surface area contributed by atoms with Gasteiger partial charge in [-0.25, -0.2) is 9.97 Å². The van der Waals surface area contributed by atoms with E-state index in [1.54, 1.807) is 0 Å². The summed E-state index contributed by atoms with van der Waals surface area (Å²) < 4.78 is 2.05. The molecule has 2 aromatic heterocycles. The van der Waals surface area contributed by atoms with E-state index in [4.69, 9.17) is 0 Å². The fourth-order valence-corrected chi connectivity index (χ4v) is 1.50. The van der Waals surface area contributed by atoms with Crippen molar-refractivity contribution in [3.05, 3.63) is 29.3 Å². The Labute approximate surface area is 71.1 Å². The maximum atomic E-state index is 4.31. The van der Waals surface area contributed by atoms with Crippen molar-refractivity contribution in [1.29, 1.82) is 0 Å². The Morgan fingerprint density at radius 2 is 1.92 bits per heavy atom. The van der Waals surface area contributed by atoms with Crippen LogP contribution in [0.25, 0.3) is 5.78 Å². The molecule has 0 fully saturated rings. The summed E-state index contributed by atoms with van der Waals surface area (Å²) >= 11 is 0. The summed E-state index contributed by atoms with van der Waals surface area (Å²) in [6.07, 6.45) is 1.84. The van der Waals surface area contributed by atoms with E-state index in [0.29, 0.717) is 0 Å². The van der Waals surface area contributed by atoms with Crippen molar-refractivity contribution in [1.82, 2.24) is 14.4 Å². The van der Waals surface area contributed by atoms with E-state index < -0.39 is 0 Å². The van der Waals surface area contributed by atoms with Gasteiger partial charge >= 0.3 is 0 Å². The zero-order chi connectivity index (χ0) is 8.72. The van der Waals surface area contributed by atoms with Gasteiger partial charge in [0.25, 0.3) is 0 Å². The van der Waals surface area contributed by atoms with Crippen LogP contribution in [0.15, 0.2) is 12.3 Å². The number of hydrogen-bond donors (Lipinski definition) is 0. The van der Waals surface area contributed by atoms with Crippen LogP contribution in [0.1, 0.15) is 17.1 Å². The van der Waals surface area contributed by atoms with Crippen molar-refractivity contribution in [2.24, 2.45) is 0 Å². The van der Waals surface area contributed by atoms with Gasteiger partial charge in [0.05, 0.1) is 6.20 Å². The van der Waals surface area contributed by atoms with E-state index in [9.17, 15) is 0 Å². The summed E-state index contributed by atoms with van der Waals surface area (Å²) in [5.74, 6) is 0.796. The number of hydrogen-bond acceptors (Lipinski definition) is 2. The van der Waals surface area contributed by atoms with E-state index in [2.05, 4.69) is 23.0 Å². The highest BCUT2D eigenvalue weighted by atomic mass is 15.1. The van der Waals surface area contributed by atoms with Gasteiger partial charge in [0.2, 0.25) is 5.78 Å². The molecule has 3 heteroatoms. The second kappa shape index (κ2) is 2.30. The van der Waals surface area contributed by atoms with Crippen molar-refractivity contribution in [3.8, 4) is 0 Å². The van der Waals surface area contributed by atoms with Gasteiger partial charge in [-0.3, -0.25) is 4.40 Å². The summed E-state index contributed by atoms with van der Waals surface area (Å²) in [5.41, 5.74) is 3.34. The molecule has 0 saturated carbocycles. The Bertz CT molecular complexity index is 429. The Morgan fingerprint density at radius 1 is 1.17 bits per heavy atom. The van der Waals surface area contributed by atoms with E-state index in [1.165, 1.54) is 5.69 Å². The largest absolute Gasteiger partial charge is 0.286 e. The van der Waals surface area contributed by atoms with Crippen molar-refractivity contribution in [3.63, 3.8) is 0 Å². The number of aromatic nitrogens is 3. The molecule has 0 spiro atoms. The summed E-state index contributed by atoms with van der Waals surface area (Å²) in [6, 6.07) is 2.06. The molecule has 0 aliphatic heterocycles. The first-order valence-electron chi connectivity index (χ1n) is 3.97. The minimum absolute atomic E-state index is 0.796. The third kappa shape index (κ3) is 0.897. The number of nitrogens with zero attached hydrogens (tertiary/aromatic N) is 3. The van der Waals surface area contributed by atoms with Gasteiger partial charge in [-0.05, 0) is 26.8 Å². The average Bonchev–Trinajstić information content (AvgIpc) is 2.31. The topological polar surface area (TPSA) is 30.2 Å². The molecule has 3 nitrogen and oxygen atoms in total. The van der Waals surface area contributed by atoms with Crippen LogP contribution < -0.4 is 0 Å². The van der Waals surface area contributed by atoms with E-state index in [-0.39, 0.29) is 0 Å². The van der Waals surface area contributed by atoms with Gasteiger partial charge < -0.3 is 0 Å². The highest BCUT2D eigenvalue weighted by molar-refractivity contribution is 5.34. The molecule has 0 aromatic carbocycles. The van der Waals surface area contributed by atoms with E-state index >= 15 is 0 Å². The van der Waals surface area contributed by atoms with Crippen molar-refractivity contribution in [2.75, 3.05) is 0 Å². The third-order valence-electron chi connectivity index (χ3n) is 1.97. The second-order valence-corrected chi connectivity index (χ2v) is 3.07. The quantitative estimate of drug-likeness (QED) is 0.588. The lowest BCUT2D eigenvalue weighted by molar-refractivity contribution is 0.981. The molecular weight excluding hydrogens is 150 g/mol. The molecule has 12 heavy (non-hydrogen) atoms. The van der Waals surface area contributed by atoms with E-state index in [0.717, 1.165) is 17.2 Å². The molecule has 2 rings (SSSR count). The van der Waals surface area contributed by atoms with Crippen LogP contribution in [0.2, 0.25) is 0 Å². The maximum Gasteiger partial charge on any atom is 0.234 e. The Kier molecular flexibility index (Phi) is 1.40. The molecule has 0 bridgehead atoms. The Balaban J connectivity index is 2.93. The fraction of sp³-hybridized carbons (Fsp3) is 0.333. The normalized spacial score (nSPS) is 10.9. The first kappa shape index (κ1) is 7.28. The molecule has 0 atom stereocenters. The monoisotopic (exact) mass is 161 g/mol. The molecule has 0 N–H and O–H groups in total. The summed E-state index contributed by atoms with van der Waals surface area (Å²) in [4.78, 5) is 8.50. The van der Waals surface area contributed by atoms with Crippen molar-refractivity contribution < 1.29 is 0 Å². The number of aryl methyl sites for hydroxylation is 3. The molecule has 2 aromatic rings. The van der Waals surface area contributed by atoms with Crippen LogP contribution in [0, 0.1) is 20.8 Å². The van der Waals surface area contributed by atoms with Crippen LogP contribution in [-0.4, -0.2) is 14.4 Å². The maximum absolute atomic E-state index is 4.31. The lowest BCUT2D eigenvalue weighted by Crippen LogP contribution is -1.97. The second-order valence-electron chi connectivity index (χ2n) is 3.07. The average molecular weight is 161 g/mol. The lowest BCUT2D eigenvalue weighted by Gasteiger charge is -2.01. The van der Waals surface area contributed by atoms with Gasteiger partial charge in [0.15, 0.2) is 0 Å². The van der Waals surface area contributed by atoms with Crippen LogP contribution in [0.5, 0.6) is 0 Å². The van der Waals surface area contributed by atoms with Crippen molar-refractivity contribution >= 4 is 5.78 Å². The summed E-state index contributed by atoms with van der Waals surface area (Å²) in [5, 5.41) is 0. The highest BCUT2D eigenvalue weighted by Gasteiger charge is 2.02. The molecule has 0 aliphatic rings. The number of imidazole rings is 1. The molecule has 0 unspecified atom stereocenters. The lowest BCUT2D eigenvalue weighted by atomic mass is 10.3. The summed E-state index contributed by atoms with van der Waals surface area (Å²) in [6.45, 7) is 6.08. The molecule has 0 amide bonds.